The van der Waals surface area contributed by atoms with Crippen LogP contribution in [0.25, 0.3) is 22.7 Å². The van der Waals surface area contributed by atoms with Crippen molar-refractivity contribution in [2.75, 3.05) is 0 Å². The van der Waals surface area contributed by atoms with Gasteiger partial charge in [0, 0.05) is 47.4 Å². The van der Waals surface area contributed by atoms with Crippen LogP contribution in [0.4, 0.5) is 0 Å². The monoisotopic (exact) mass is 383 g/mol. The lowest BCUT2D eigenvalue weighted by atomic mass is 10.2. The molecule has 0 N–H and O–H groups in total. The van der Waals surface area contributed by atoms with E-state index in [-0.39, 0.29) is 0 Å². The van der Waals surface area contributed by atoms with Gasteiger partial charge < -0.3 is 9.09 Å². The maximum atomic E-state index is 6.02. The minimum absolute atomic E-state index is 0.631. The van der Waals surface area contributed by atoms with E-state index in [0.717, 1.165) is 27.8 Å². The van der Waals surface area contributed by atoms with Crippen molar-refractivity contribution >= 4 is 23.4 Å². The SMILES string of the molecule is Cn1c(SCc2cc(-c3cccc(Cl)c3)on2)nnc1-c1ccncc1. The fourth-order valence-corrected chi connectivity index (χ4v) is 3.47. The van der Waals surface area contributed by atoms with Gasteiger partial charge in [-0.2, -0.15) is 0 Å². The van der Waals surface area contributed by atoms with Gasteiger partial charge in [0.15, 0.2) is 16.7 Å². The lowest BCUT2D eigenvalue weighted by Crippen LogP contribution is -1.95. The van der Waals surface area contributed by atoms with Crippen LogP contribution in [0, 0.1) is 0 Å². The van der Waals surface area contributed by atoms with Crippen LogP contribution in [0.5, 0.6) is 0 Å². The first-order chi connectivity index (χ1) is 12.7. The van der Waals surface area contributed by atoms with E-state index in [1.54, 1.807) is 24.2 Å². The van der Waals surface area contributed by atoms with Crippen LogP contribution < -0.4 is 0 Å². The maximum absolute atomic E-state index is 6.02. The molecule has 0 aliphatic rings. The highest BCUT2D eigenvalue weighted by atomic mass is 35.5. The molecule has 0 aliphatic heterocycles. The Morgan fingerprint density at radius 1 is 1.08 bits per heavy atom. The van der Waals surface area contributed by atoms with E-state index >= 15 is 0 Å². The zero-order chi connectivity index (χ0) is 17.9. The average Bonchev–Trinajstić information content (AvgIpc) is 3.28. The molecule has 0 atom stereocenters. The molecule has 0 bridgehead atoms. The van der Waals surface area contributed by atoms with Gasteiger partial charge in [-0.05, 0) is 24.3 Å². The summed E-state index contributed by atoms with van der Waals surface area (Å²) in [5.41, 5.74) is 2.71. The first-order valence-corrected chi connectivity index (χ1v) is 9.21. The van der Waals surface area contributed by atoms with Crippen molar-refractivity contribution in [3.8, 4) is 22.7 Å². The van der Waals surface area contributed by atoms with E-state index in [9.17, 15) is 0 Å². The Morgan fingerprint density at radius 3 is 2.73 bits per heavy atom. The summed E-state index contributed by atoms with van der Waals surface area (Å²) in [5.74, 6) is 2.13. The summed E-state index contributed by atoms with van der Waals surface area (Å²) in [5, 5.41) is 14.1. The summed E-state index contributed by atoms with van der Waals surface area (Å²) in [7, 11) is 1.94. The number of rotatable bonds is 5. The van der Waals surface area contributed by atoms with Gasteiger partial charge >= 0.3 is 0 Å². The molecule has 3 heterocycles. The molecule has 0 saturated carbocycles. The number of nitrogens with zero attached hydrogens (tertiary/aromatic N) is 5. The molecular weight excluding hydrogens is 370 g/mol. The standard InChI is InChI=1S/C18H14ClN5OS/c1-24-17(12-5-7-20-8-6-12)21-22-18(24)26-11-15-10-16(25-23-15)13-3-2-4-14(19)9-13/h2-10H,11H2,1H3. The van der Waals surface area contributed by atoms with E-state index in [1.807, 2.05) is 54.1 Å². The molecule has 4 aromatic rings. The highest BCUT2D eigenvalue weighted by Gasteiger charge is 2.13. The molecule has 0 spiro atoms. The third kappa shape index (κ3) is 3.49. The molecule has 0 saturated heterocycles. The highest BCUT2D eigenvalue weighted by molar-refractivity contribution is 7.98. The van der Waals surface area contributed by atoms with Gasteiger partial charge in [-0.3, -0.25) is 4.98 Å². The summed E-state index contributed by atoms with van der Waals surface area (Å²) in [4.78, 5) is 4.03. The fourth-order valence-electron chi connectivity index (χ4n) is 2.49. The largest absolute Gasteiger partial charge is 0.356 e. The van der Waals surface area contributed by atoms with E-state index < -0.39 is 0 Å². The second kappa shape index (κ2) is 7.31. The van der Waals surface area contributed by atoms with E-state index in [1.165, 1.54) is 0 Å². The van der Waals surface area contributed by atoms with Gasteiger partial charge in [-0.1, -0.05) is 40.7 Å². The number of hydrogen-bond donors (Lipinski definition) is 0. The van der Waals surface area contributed by atoms with Crippen molar-refractivity contribution in [3.63, 3.8) is 0 Å². The summed E-state index contributed by atoms with van der Waals surface area (Å²) in [6.07, 6.45) is 3.48. The number of aromatic nitrogens is 5. The van der Waals surface area contributed by atoms with Crippen molar-refractivity contribution in [1.29, 1.82) is 0 Å². The van der Waals surface area contributed by atoms with Crippen molar-refractivity contribution in [3.05, 3.63) is 65.6 Å². The van der Waals surface area contributed by atoms with Gasteiger partial charge in [-0.15, -0.1) is 10.2 Å². The molecule has 0 aliphatic carbocycles. The van der Waals surface area contributed by atoms with Gasteiger partial charge in [0.2, 0.25) is 0 Å². The number of halogens is 1. The minimum Gasteiger partial charge on any atom is -0.356 e. The summed E-state index contributed by atoms with van der Waals surface area (Å²) in [6.45, 7) is 0. The summed E-state index contributed by atoms with van der Waals surface area (Å²) >= 11 is 7.58. The van der Waals surface area contributed by atoms with Crippen LogP contribution in [-0.4, -0.2) is 24.9 Å². The smallest absolute Gasteiger partial charge is 0.191 e. The second-order valence-corrected chi connectivity index (χ2v) is 6.96. The van der Waals surface area contributed by atoms with Crippen LogP contribution in [0.1, 0.15) is 5.69 Å². The molecule has 4 rings (SSSR count). The number of hydrogen-bond acceptors (Lipinski definition) is 6. The van der Waals surface area contributed by atoms with Crippen LogP contribution >= 0.6 is 23.4 Å². The summed E-state index contributed by atoms with van der Waals surface area (Å²) in [6, 6.07) is 13.2. The lowest BCUT2D eigenvalue weighted by molar-refractivity contribution is 0.426. The average molecular weight is 384 g/mol. The molecule has 3 aromatic heterocycles. The molecule has 130 valence electrons. The van der Waals surface area contributed by atoms with Crippen LogP contribution in [0.2, 0.25) is 5.02 Å². The molecule has 26 heavy (non-hydrogen) atoms. The zero-order valence-corrected chi connectivity index (χ0v) is 15.4. The Hall–Kier alpha value is -2.64. The number of benzene rings is 1. The van der Waals surface area contributed by atoms with Gasteiger partial charge in [0.25, 0.3) is 0 Å². The van der Waals surface area contributed by atoms with Gasteiger partial charge in [-0.25, -0.2) is 0 Å². The van der Waals surface area contributed by atoms with E-state index in [0.29, 0.717) is 16.5 Å². The molecule has 0 radical (unpaired) electrons. The topological polar surface area (TPSA) is 69.6 Å². The molecule has 0 amide bonds. The van der Waals surface area contributed by atoms with Crippen molar-refractivity contribution < 1.29 is 4.52 Å². The van der Waals surface area contributed by atoms with Crippen molar-refractivity contribution in [2.45, 2.75) is 10.9 Å². The Morgan fingerprint density at radius 2 is 1.92 bits per heavy atom. The molecule has 0 fully saturated rings. The predicted octanol–water partition coefficient (Wildman–Crippen LogP) is 4.48. The molecule has 6 nitrogen and oxygen atoms in total. The molecular formula is C18H14ClN5OS. The lowest BCUT2D eigenvalue weighted by Gasteiger charge is -2.02. The third-order valence-electron chi connectivity index (χ3n) is 3.79. The Bertz CT molecular complexity index is 1030. The quantitative estimate of drug-likeness (QED) is 0.473. The number of pyridine rings is 1. The molecule has 8 heteroatoms. The zero-order valence-electron chi connectivity index (χ0n) is 13.8. The van der Waals surface area contributed by atoms with Crippen LogP contribution in [-0.2, 0) is 12.8 Å². The van der Waals surface area contributed by atoms with Gasteiger partial charge in [0.1, 0.15) is 0 Å². The van der Waals surface area contributed by atoms with Crippen LogP contribution in [0.15, 0.2) is 64.5 Å². The second-order valence-electron chi connectivity index (χ2n) is 5.58. The summed E-state index contributed by atoms with van der Waals surface area (Å²) < 4.78 is 7.38. The van der Waals surface area contributed by atoms with Crippen LogP contribution in [0.3, 0.4) is 0 Å². The van der Waals surface area contributed by atoms with E-state index in [2.05, 4.69) is 20.3 Å². The van der Waals surface area contributed by atoms with Crippen molar-refractivity contribution in [2.24, 2.45) is 7.05 Å². The third-order valence-corrected chi connectivity index (χ3v) is 5.08. The Balaban J connectivity index is 1.48. The van der Waals surface area contributed by atoms with Crippen molar-refractivity contribution in [1.82, 2.24) is 24.9 Å². The Labute approximate surface area is 159 Å². The minimum atomic E-state index is 0.631. The Kier molecular flexibility index (Phi) is 4.73. The molecule has 1 aromatic carbocycles. The van der Waals surface area contributed by atoms with E-state index in [4.69, 9.17) is 16.1 Å². The highest BCUT2D eigenvalue weighted by Crippen LogP contribution is 2.27. The van der Waals surface area contributed by atoms with Gasteiger partial charge in [0.05, 0.1) is 5.69 Å². The first kappa shape index (κ1) is 16.8. The normalized spacial score (nSPS) is 11.0. The number of thioether (sulfide) groups is 1. The maximum Gasteiger partial charge on any atom is 0.191 e. The predicted molar refractivity (Wildman–Crippen MR) is 101 cm³/mol. The fraction of sp³-hybridized carbons (Fsp3) is 0.111. The molecule has 0 unspecified atom stereocenters. The first-order valence-electron chi connectivity index (χ1n) is 7.85.